The lowest BCUT2D eigenvalue weighted by atomic mass is 10.2. The molecule has 8 heteroatoms. The highest BCUT2D eigenvalue weighted by Gasteiger charge is 2.25. The van der Waals surface area contributed by atoms with Crippen molar-refractivity contribution >= 4 is 23.3 Å². The summed E-state index contributed by atoms with van der Waals surface area (Å²) in [6, 6.07) is 14.4. The fourth-order valence-corrected chi connectivity index (χ4v) is 2.05. The quantitative estimate of drug-likeness (QED) is 0.463. The summed E-state index contributed by atoms with van der Waals surface area (Å²) < 4.78 is 10.5. The zero-order valence-electron chi connectivity index (χ0n) is 14.2. The summed E-state index contributed by atoms with van der Waals surface area (Å²) in [5.41, 5.74) is -0.223. The Morgan fingerprint density at radius 1 is 1.00 bits per heavy atom. The molecule has 0 spiro atoms. The first kappa shape index (κ1) is 18.9. The number of benzene rings is 2. The Bertz CT molecular complexity index is 793. The predicted octanol–water partition coefficient (Wildman–Crippen LogP) is 2.93. The van der Waals surface area contributed by atoms with E-state index in [0.717, 1.165) is 0 Å². The Labute approximate surface area is 149 Å². The Hall–Kier alpha value is -3.42. The van der Waals surface area contributed by atoms with Crippen LogP contribution in [0.25, 0.3) is 0 Å². The fraction of sp³-hybridized carbons (Fsp3) is 0.222. The molecule has 0 aliphatic carbocycles. The van der Waals surface area contributed by atoms with Crippen molar-refractivity contribution in [2.75, 3.05) is 5.32 Å². The van der Waals surface area contributed by atoms with Gasteiger partial charge in [0.15, 0.2) is 12.2 Å². The average Bonchev–Trinajstić information content (AvgIpc) is 2.62. The largest absolute Gasteiger partial charge is 0.479 e. The maximum atomic E-state index is 12.2. The summed E-state index contributed by atoms with van der Waals surface area (Å²) in [5, 5.41) is 13.4. The minimum absolute atomic E-state index is 0.0268. The molecule has 2 aromatic rings. The summed E-state index contributed by atoms with van der Waals surface area (Å²) in [6.07, 6.45) is -2.07. The Kier molecular flexibility index (Phi) is 6.26. The van der Waals surface area contributed by atoms with Crippen LogP contribution in [0.4, 0.5) is 11.4 Å². The topological polar surface area (TPSA) is 108 Å². The molecule has 0 aromatic heterocycles. The molecule has 0 saturated carbocycles. The van der Waals surface area contributed by atoms with Crippen LogP contribution < -0.4 is 10.1 Å². The number of nitro groups is 1. The number of para-hydroxylation sites is 3. The van der Waals surface area contributed by atoms with E-state index in [-0.39, 0.29) is 11.4 Å². The van der Waals surface area contributed by atoms with Gasteiger partial charge in [0.2, 0.25) is 0 Å². The normalized spacial score (nSPS) is 12.5. The van der Waals surface area contributed by atoms with Crippen molar-refractivity contribution in [3.63, 3.8) is 0 Å². The van der Waals surface area contributed by atoms with Crippen LogP contribution in [0.2, 0.25) is 0 Å². The molecular formula is C18H18N2O6. The number of nitrogens with one attached hydrogen (secondary N) is 1. The summed E-state index contributed by atoms with van der Waals surface area (Å²) in [6.45, 7) is 2.87. The van der Waals surface area contributed by atoms with Crippen LogP contribution in [-0.2, 0) is 14.3 Å². The van der Waals surface area contributed by atoms with Crippen molar-refractivity contribution in [1.82, 2.24) is 0 Å². The third-order valence-corrected chi connectivity index (χ3v) is 3.41. The Morgan fingerprint density at radius 2 is 1.62 bits per heavy atom. The zero-order chi connectivity index (χ0) is 19.1. The second-order valence-corrected chi connectivity index (χ2v) is 5.42. The number of amides is 1. The van der Waals surface area contributed by atoms with Crippen LogP contribution in [0.15, 0.2) is 54.6 Å². The molecule has 0 bridgehead atoms. The first-order valence-electron chi connectivity index (χ1n) is 7.85. The summed E-state index contributed by atoms with van der Waals surface area (Å²) >= 11 is 0. The molecular weight excluding hydrogens is 340 g/mol. The lowest BCUT2D eigenvalue weighted by Gasteiger charge is -2.17. The third-order valence-electron chi connectivity index (χ3n) is 3.41. The van der Waals surface area contributed by atoms with E-state index in [0.29, 0.717) is 5.75 Å². The van der Waals surface area contributed by atoms with Gasteiger partial charge in [-0.3, -0.25) is 14.9 Å². The van der Waals surface area contributed by atoms with Gasteiger partial charge >= 0.3 is 5.97 Å². The maximum Gasteiger partial charge on any atom is 0.347 e. The van der Waals surface area contributed by atoms with Crippen LogP contribution in [0.3, 0.4) is 0 Å². The van der Waals surface area contributed by atoms with E-state index in [1.807, 2.05) is 6.07 Å². The maximum absolute atomic E-state index is 12.2. The third kappa shape index (κ3) is 5.04. The number of carbonyl (C=O) groups is 2. The van der Waals surface area contributed by atoms with Gasteiger partial charge in [0, 0.05) is 6.07 Å². The van der Waals surface area contributed by atoms with Crippen LogP contribution in [0.5, 0.6) is 5.75 Å². The number of ether oxygens (including phenoxy) is 2. The molecule has 0 saturated heterocycles. The molecule has 0 unspecified atom stereocenters. The number of anilines is 1. The second-order valence-electron chi connectivity index (χ2n) is 5.42. The summed E-state index contributed by atoms with van der Waals surface area (Å²) in [7, 11) is 0. The molecule has 136 valence electrons. The van der Waals surface area contributed by atoms with E-state index in [1.165, 1.54) is 32.0 Å². The smallest absolute Gasteiger partial charge is 0.347 e. The minimum atomic E-state index is -1.15. The lowest BCUT2D eigenvalue weighted by molar-refractivity contribution is -0.383. The number of nitrogens with zero attached hydrogens (tertiary/aromatic N) is 1. The fourth-order valence-electron chi connectivity index (χ4n) is 2.05. The standard InChI is InChI=1S/C18H18N2O6/c1-12(17(21)19-15-10-6-7-11-16(15)20(23)24)26-18(22)13(2)25-14-8-4-3-5-9-14/h3-13H,1-2H3,(H,19,21)/t12-,13-/m1/s1. The molecule has 26 heavy (non-hydrogen) atoms. The van der Waals surface area contributed by atoms with Crippen LogP contribution in [-0.4, -0.2) is 29.0 Å². The molecule has 2 rings (SSSR count). The van der Waals surface area contributed by atoms with Gasteiger partial charge in [0.25, 0.3) is 11.6 Å². The predicted molar refractivity (Wildman–Crippen MR) is 93.8 cm³/mol. The van der Waals surface area contributed by atoms with Gasteiger partial charge in [0.1, 0.15) is 11.4 Å². The van der Waals surface area contributed by atoms with Gasteiger partial charge in [-0.15, -0.1) is 0 Å². The van der Waals surface area contributed by atoms with Gasteiger partial charge < -0.3 is 14.8 Å². The lowest BCUT2D eigenvalue weighted by Crippen LogP contribution is -2.35. The van der Waals surface area contributed by atoms with E-state index in [1.54, 1.807) is 30.3 Å². The number of esters is 1. The SMILES string of the molecule is C[C@@H](OC(=O)[C@@H](C)Oc1ccccc1)C(=O)Nc1ccccc1[N+](=O)[O-]. The van der Waals surface area contributed by atoms with E-state index in [2.05, 4.69) is 5.32 Å². The van der Waals surface area contributed by atoms with E-state index in [9.17, 15) is 19.7 Å². The van der Waals surface area contributed by atoms with Gasteiger partial charge in [-0.25, -0.2) is 4.79 Å². The van der Waals surface area contributed by atoms with Crippen molar-refractivity contribution in [2.24, 2.45) is 0 Å². The Balaban J connectivity index is 1.94. The molecule has 2 atom stereocenters. The zero-order valence-corrected chi connectivity index (χ0v) is 14.2. The van der Waals surface area contributed by atoms with Crippen molar-refractivity contribution < 1.29 is 24.0 Å². The van der Waals surface area contributed by atoms with Gasteiger partial charge in [0.05, 0.1) is 4.92 Å². The van der Waals surface area contributed by atoms with Crippen molar-refractivity contribution in [3.8, 4) is 5.75 Å². The molecule has 0 fully saturated rings. The Morgan fingerprint density at radius 3 is 2.27 bits per heavy atom. The van der Waals surface area contributed by atoms with Gasteiger partial charge in [-0.05, 0) is 32.0 Å². The highest BCUT2D eigenvalue weighted by atomic mass is 16.6. The van der Waals surface area contributed by atoms with Crippen molar-refractivity contribution in [3.05, 3.63) is 64.7 Å². The van der Waals surface area contributed by atoms with Crippen molar-refractivity contribution in [2.45, 2.75) is 26.1 Å². The molecule has 0 aliphatic rings. The van der Waals surface area contributed by atoms with Crippen LogP contribution >= 0.6 is 0 Å². The highest BCUT2D eigenvalue weighted by Crippen LogP contribution is 2.23. The summed E-state index contributed by atoms with van der Waals surface area (Å²) in [5.74, 6) is -0.910. The van der Waals surface area contributed by atoms with Crippen molar-refractivity contribution in [1.29, 1.82) is 0 Å². The van der Waals surface area contributed by atoms with E-state index < -0.39 is 29.0 Å². The summed E-state index contributed by atoms with van der Waals surface area (Å²) in [4.78, 5) is 34.6. The number of carbonyl (C=O) groups excluding carboxylic acids is 2. The monoisotopic (exact) mass is 358 g/mol. The molecule has 0 heterocycles. The number of nitro benzene ring substituents is 1. The minimum Gasteiger partial charge on any atom is -0.479 e. The molecule has 1 amide bonds. The van der Waals surface area contributed by atoms with Gasteiger partial charge in [-0.2, -0.15) is 0 Å². The number of hydrogen-bond acceptors (Lipinski definition) is 6. The molecule has 0 radical (unpaired) electrons. The highest BCUT2D eigenvalue weighted by molar-refractivity contribution is 5.97. The second kappa shape index (κ2) is 8.61. The molecule has 8 nitrogen and oxygen atoms in total. The first-order valence-corrected chi connectivity index (χ1v) is 7.85. The first-order chi connectivity index (χ1) is 12.4. The molecule has 1 N–H and O–H groups in total. The number of hydrogen-bond donors (Lipinski definition) is 1. The van der Waals surface area contributed by atoms with Crippen LogP contribution in [0.1, 0.15) is 13.8 Å². The van der Waals surface area contributed by atoms with Crippen LogP contribution in [0, 0.1) is 10.1 Å². The van der Waals surface area contributed by atoms with E-state index in [4.69, 9.17) is 9.47 Å². The molecule has 0 aliphatic heterocycles. The average molecular weight is 358 g/mol. The molecule has 2 aromatic carbocycles. The van der Waals surface area contributed by atoms with Gasteiger partial charge in [-0.1, -0.05) is 30.3 Å². The number of rotatable bonds is 7. The van der Waals surface area contributed by atoms with E-state index >= 15 is 0 Å².